The third-order valence-electron chi connectivity index (χ3n) is 4.20. The summed E-state index contributed by atoms with van der Waals surface area (Å²) in [5.74, 6) is 1.37. The number of hydrogen-bond acceptors (Lipinski definition) is 5. The maximum atomic E-state index is 11.9. The smallest absolute Gasteiger partial charge is 0.269 e. The fourth-order valence-corrected chi connectivity index (χ4v) is 2.71. The second-order valence-electron chi connectivity index (χ2n) is 6.07. The van der Waals surface area contributed by atoms with Crippen molar-refractivity contribution in [3.05, 3.63) is 63.7 Å². The SMILES string of the molecule is COc1ccc(CCCC(=O)NCCc2ccc([N+](=O)[O-])cc2)cc1OC. The second kappa shape index (κ2) is 10.2. The number of non-ortho nitro benzene ring substituents is 1. The number of nitrogens with zero attached hydrogens (tertiary/aromatic N) is 1. The summed E-state index contributed by atoms with van der Waals surface area (Å²) < 4.78 is 10.5. The minimum absolute atomic E-state index is 0.00242. The van der Waals surface area contributed by atoms with Crippen LogP contribution in [0.2, 0.25) is 0 Å². The third kappa shape index (κ3) is 6.29. The molecule has 2 aromatic carbocycles. The summed E-state index contributed by atoms with van der Waals surface area (Å²) in [6, 6.07) is 12.1. The van der Waals surface area contributed by atoms with E-state index < -0.39 is 4.92 Å². The van der Waals surface area contributed by atoms with Gasteiger partial charge in [-0.15, -0.1) is 0 Å². The zero-order valence-corrected chi connectivity index (χ0v) is 15.6. The minimum Gasteiger partial charge on any atom is -0.493 e. The predicted molar refractivity (Wildman–Crippen MR) is 102 cm³/mol. The molecule has 0 heterocycles. The molecule has 0 aliphatic heterocycles. The molecule has 27 heavy (non-hydrogen) atoms. The zero-order chi connectivity index (χ0) is 19.6. The summed E-state index contributed by atoms with van der Waals surface area (Å²) in [7, 11) is 3.19. The molecule has 0 saturated heterocycles. The lowest BCUT2D eigenvalue weighted by Gasteiger charge is -2.09. The zero-order valence-electron chi connectivity index (χ0n) is 15.6. The summed E-state index contributed by atoms with van der Waals surface area (Å²) in [6.45, 7) is 0.507. The van der Waals surface area contributed by atoms with Crippen molar-refractivity contribution in [3.63, 3.8) is 0 Å². The summed E-state index contributed by atoms with van der Waals surface area (Å²) in [4.78, 5) is 22.1. The molecule has 0 bridgehead atoms. The first-order valence-corrected chi connectivity index (χ1v) is 8.74. The number of rotatable bonds is 10. The summed E-state index contributed by atoms with van der Waals surface area (Å²) >= 11 is 0. The van der Waals surface area contributed by atoms with Crippen LogP contribution in [0.3, 0.4) is 0 Å². The van der Waals surface area contributed by atoms with Gasteiger partial charge in [0.15, 0.2) is 11.5 Å². The van der Waals surface area contributed by atoms with Gasteiger partial charge in [0.25, 0.3) is 5.69 Å². The Kier molecular flexibility index (Phi) is 7.61. The number of ether oxygens (including phenoxy) is 2. The fraction of sp³-hybridized carbons (Fsp3) is 0.350. The number of nitro benzene ring substituents is 1. The average Bonchev–Trinajstić information content (AvgIpc) is 2.68. The van der Waals surface area contributed by atoms with Gasteiger partial charge in [0.1, 0.15) is 0 Å². The number of nitrogens with one attached hydrogen (secondary N) is 1. The van der Waals surface area contributed by atoms with Crippen LogP contribution in [0.25, 0.3) is 0 Å². The molecule has 0 spiro atoms. The Morgan fingerprint density at radius 1 is 1.00 bits per heavy atom. The Bertz CT molecular complexity index is 774. The molecule has 0 atom stereocenters. The van der Waals surface area contributed by atoms with Crippen molar-refractivity contribution in [1.82, 2.24) is 5.32 Å². The van der Waals surface area contributed by atoms with Crippen molar-refractivity contribution < 1.29 is 19.2 Å². The Balaban J connectivity index is 1.69. The lowest BCUT2D eigenvalue weighted by molar-refractivity contribution is -0.384. The van der Waals surface area contributed by atoms with E-state index in [1.54, 1.807) is 26.4 Å². The van der Waals surface area contributed by atoms with Gasteiger partial charge in [0.2, 0.25) is 5.91 Å². The number of nitro groups is 1. The standard InChI is InChI=1S/C20H24N2O5/c1-26-18-11-8-16(14-19(18)27-2)4-3-5-20(23)21-13-12-15-6-9-17(10-7-15)22(24)25/h6-11,14H,3-5,12-13H2,1-2H3,(H,21,23). The Morgan fingerprint density at radius 2 is 1.67 bits per heavy atom. The first kappa shape index (κ1) is 20.2. The van der Waals surface area contributed by atoms with Crippen LogP contribution >= 0.6 is 0 Å². The molecule has 0 fully saturated rings. The van der Waals surface area contributed by atoms with Crippen LogP contribution in [0.4, 0.5) is 5.69 Å². The largest absolute Gasteiger partial charge is 0.493 e. The molecule has 7 heteroatoms. The lowest BCUT2D eigenvalue weighted by atomic mass is 10.1. The molecule has 0 aromatic heterocycles. The van der Waals surface area contributed by atoms with Crippen molar-refractivity contribution in [2.24, 2.45) is 0 Å². The highest BCUT2D eigenvalue weighted by atomic mass is 16.6. The first-order valence-electron chi connectivity index (χ1n) is 8.74. The lowest BCUT2D eigenvalue weighted by Crippen LogP contribution is -2.25. The van der Waals surface area contributed by atoms with Crippen molar-refractivity contribution in [3.8, 4) is 11.5 Å². The summed E-state index contributed by atoms with van der Waals surface area (Å²) in [5.41, 5.74) is 2.11. The second-order valence-corrected chi connectivity index (χ2v) is 6.07. The van der Waals surface area contributed by atoms with Crippen LogP contribution in [0.1, 0.15) is 24.0 Å². The van der Waals surface area contributed by atoms with E-state index in [1.807, 2.05) is 18.2 Å². The van der Waals surface area contributed by atoms with E-state index >= 15 is 0 Å². The highest BCUT2D eigenvalue weighted by molar-refractivity contribution is 5.75. The van der Waals surface area contributed by atoms with Gasteiger partial charge in [0, 0.05) is 25.1 Å². The molecule has 2 rings (SSSR count). The summed E-state index contributed by atoms with van der Waals surface area (Å²) in [5, 5.41) is 13.5. The van der Waals surface area contributed by atoms with Gasteiger partial charge < -0.3 is 14.8 Å². The number of aryl methyl sites for hydroxylation is 1. The third-order valence-corrected chi connectivity index (χ3v) is 4.20. The number of hydrogen-bond donors (Lipinski definition) is 1. The van der Waals surface area contributed by atoms with Crippen molar-refractivity contribution in [2.45, 2.75) is 25.7 Å². The highest BCUT2D eigenvalue weighted by Gasteiger charge is 2.07. The predicted octanol–water partition coefficient (Wildman–Crippen LogP) is 3.29. The van der Waals surface area contributed by atoms with Gasteiger partial charge >= 0.3 is 0 Å². The molecule has 0 aliphatic carbocycles. The molecule has 144 valence electrons. The molecule has 1 N–H and O–H groups in total. The molecule has 1 amide bonds. The Hall–Kier alpha value is -3.09. The van der Waals surface area contributed by atoms with Gasteiger partial charge in [-0.1, -0.05) is 18.2 Å². The maximum absolute atomic E-state index is 11.9. The van der Waals surface area contributed by atoms with Gasteiger partial charge in [-0.05, 0) is 42.5 Å². The van der Waals surface area contributed by atoms with E-state index in [0.29, 0.717) is 30.9 Å². The molecular weight excluding hydrogens is 348 g/mol. The topological polar surface area (TPSA) is 90.7 Å². The van der Waals surface area contributed by atoms with Crippen LogP contribution in [-0.2, 0) is 17.6 Å². The van der Waals surface area contributed by atoms with E-state index in [-0.39, 0.29) is 11.6 Å². The number of benzene rings is 2. The number of amides is 1. The quantitative estimate of drug-likeness (QED) is 0.510. The normalized spacial score (nSPS) is 10.3. The molecule has 7 nitrogen and oxygen atoms in total. The van der Waals surface area contributed by atoms with E-state index in [0.717, 1.165) is 24.0 Å². The van der Waals surface area contributed by atoms with Crippen molar-refractivity contribution >= 4 is 11.6 Å². The van der Waals surface area contributed by atoms with Crippen LogP contribution < -0.4 is 14.8 Å². The van der Waals surface area contributed by atoms with Crippen LogP contribution in [0.5, 0.6) is 11.5 Å². The molecule has 0 unspecified atom stereocenters. The van der Waals surface area contributed by atoms with E-state index in [1.165, 1.54) is 12.1 Å². The monoisotopic (exact) mass is 372 g/mol. The van der Waals surface area contributed by atoms with Crippen molar-refractivity contribution in [1.29, 1.82) is 0 Å². The average molecular weight is 372 g/mol. The first-order chi connectivity index (χ1) is 13.0. The van der Waals surface area contributed by atoms with E-state index in [9.17, 15) is 14.9 Å². The Labute approximate surface area is 158 Å². The molecule has 2 aromatic rings. The highest BCUT2D eigenvalue weighted by Crippen LogP contribution is 2.28. The van der Waals surface area contributed by atoms with Crippen molar-refractivity contribution in [2.75, 3.05) is 20.8 Å². The van der Waals surface area contributed by atoms with E-state index in [4.69, 9.17) is 9.47 Å². The number of methoxy groups -OCH3 is 2. The van der Waals surface area contributed by atoms with Crippen LogP contribution in [0.15, 0.2) is 42.5 Å². The minimum atomic E-state index is -0.427. The van der Waals surface area contributed by atoms with Gasteiger partial charge in [-0.25, -0.2) is 0 Å². The Morgan fingerprint density at radius 3 is 2.30 bits per heavy atom. The number of carbonyl (C=O) groups excluding carboxylic acids is 1. The summed E-state index contributed by atoms with van der Waals surface area (Å²) in [6.07, 6.45) is 2.59. The molecule has 0 aliphatic rings. The molecule has 0 radical (unpaired) electrons. The molecule has 0 saturated carbocycles. The van der Waals surface area contributed by atoms with Crippen LogP contribution in [0, 0.1) is 10.1 Å². The molecular formula is C20H24N2O5. The van der Waals surface area contributed by atoms with E-state index in [2.05, 4.69) is 5.32 Å². The number of carbonyl (C=O) groups is 1. The maximum Gasteiger partial charge on any atom is 0.269 e. The van der Waals surface area contributed by atoms with Crippen LogP contribution in [-0.4, -0.2) is 31.6 Å². The fourth-order valence-electron chi connectivity index (χ4n) is 2.71. The van der Waals surface area contributed by atoms with Gasteiger partial charge in [0.05, 0.1) is 19.1 Å². The van der Waals surface area contributed by atoms with Gasteiger partial charge in [-0.2, -0.15) is 0 Å². The van der Waals surface area contributed by atoms with Gasteiger partial charge in [-0.3, -0.25) is 14.9 Å².